The first-order valence-electron chi connectivity index (χ1n) is 6.36. The lowest BCUT2D eigenvalue weighted by atomic mass is 9.91. The van der Waals surface area contributed by atoms with E-state index in [0.29, 0.717) is 4.83 Å². The molecule has 1 heteroatoms. The van der Waals surface area contributed by atoms with Crippen LogP contribution in [0, 0.1) is 18.8 Å². The number of alkyl halides is 1. The zero-order chi connectivity index (χ0) is 11.5. The van der Waals surface area contributed by atoms with Crippen LogP contribution in [0.15, 0.2) is 24.3 Å². The summed E-state index contributed by atoms with van der Waals surface area (Å²) in [4.78, 5) is 0.659. The molecule has 1 aromatic rings. The number of aryl methyl sites for hydroxylation is 1. The van der Waals surface area contributed by atoms with Crippen molar-refractivity contribution in [1.82, 2.24) is 0 Å². The third-order valence-electron chi connectivity index (χ3n) is 3.91. The molecule has 0 N–H and O–H groups in total. The van der Waals surface area contributed by atoms with Crippen LogP contribution in [0.1, 0.15) is 37.3 Å². The van der Waals surface area contributed by atoms with E-state index in [-0.39, 0.29) is 0 Å². The molecule has 1 aliphatic carbocycles. The zero-order valence-electron chi connectivity index (χ0n) is 10.2. The molecule has 1 aliphatic rings. The molecule has 0 heterocycles. The highest BCUT2D eigenvalue weighted by Crippen LogP contribution is 2.37. The summed E-state index contributed by atoms with van der Waals surface area (Å²) in [6.45, 7) is 4.58. The van der Waals surface area contributed by atoms with Gasteiger partial charge in [-0.15, -0.1) is 0 Å². The molecule has 16 heavy (non-hydrogen) atoms. The van der Waals surface area contributed by atoms with Crippen LogP contribution >= 0.6 is 15.9 Å². The molecule has 1 aromatic carbocycles. The summed E-state index contributed by atoms with van der Waals surface area (Å²) in [5.74, 6) is 1.77. The van der Waals surface area contributed by atoms with Gasteiger partial charge >= 0.3 is 0 Å². The predicted octanol–water partition coefficient (Wildman–Crippen LogP) is 4.74. The van der Waals surface area contributed by atoms with Crippen molar-refractivity contribution in [2.45, 2.75) is 44.4 Å². The molecule has 0 saturated heterocycles. The van der Waals surface area contributed by atoms with E-state index < -0.39 is 0 Å². The van der Waals surface area contributed by atoms with Crippen molar-refractivity contribution in [2.75, 3.05) is 0 Å². The van der Waals surface area contributed by atoms with Gasteiger partial charge in [0.05, 0.1) is 0 Å². The SMILES string of the molecule is Cc1cccc(CC(Br)C2CCCC2C)c1. The minimum absolute atomic E-state index is 0.659. The molecule has 3 atom stereocenters. The smallest absolute Gasteiger partial charge is 0.0216 e. The molecule has 0 aromatic heterocycles. The fraction of sp³-hybridized carbons (Fsp3) is 0.600. The Bertz CT molecular complexity index is 345. The zero-order valence-corrected chi connectivity index (χ0v) is 11.8. The highest BCUT2D eigenvalue weighted by Gasteiger charge is 2.29. The van der Waals surface area contributed by atoms with E-state index in [1.165, 1.54) is 36.8 Å². The van der Waals surface area contributed by atoms with E-state index in [9.17, 15) is 0 Å². The lowest BCUT2D eigenvalue weighted by Gasteiger charge is -2.22. The summed E-state index contributed by atoms with van der Waals surface area (Å²) < 4.78 is 0. The second-order valence-electron chi connectivity index (χ2n) is 5.28. The first-order valence-corrected chi connectivity index (χ1v) is 7.28. The van der Waals surface area contributed by atoms with Crippen molar-refractivity contribution in [3.63, 3.8) is 0 Å². The van der Waals surface area contributed by atoms with Crippen LogP contribution in [0.5, 0.6) is 0 Å². The maximum Gasteiger partial charge on any atom is 0.0216 e. The first kappa shape index (κ1) is 12.2. The fourth-order valence-corrected chi connectivity index (χ4v) is 4.09. The van der Waals surface area contributed by atoms with Gasteiger partial charge in [-0.3, -0.25) is 0 Å². The number of halogens is 1. The molecule has 0 amide bonds. The van der Waals surface area contributed by atoms with E-state index in [4.69, 9.17) is 0 Å². The van der Waals surface area contributed by atoms with Crippen LogP contribution in [0.2, 0.25) is 0 Å². The van der Waals surface area contributed by atoms with Crippen LogP contribution in [-0.2, 0) is 6.42 Å². The van der Waals surface area contributed by atoms with E-state index in [2.05, 4.69) is 54.0 Å². The van der Waals surface area contributed by atoms with Gasteiger partial charge in [0.1, 0.15) is 0 Å². The Labute approximate surface area is 108 Å². The summed E-state index contributed by atoms with van der Waals surface area (Å²) in [5.41, 5.74) is 2.85. The Morgan fingerprint density at radius 2 is 2.19 bits per heavy atom. The molecular formula is C15H21Br. The summed E-state index contributed by atoms with van der Waals surface area (Å²) in [6, 6.07) is 8.90. The standard InChI is InChI=1S/C15H21Br/c1-11-5-3-7-13(9-11)10-15(16)14-8-4-6-12(14)2/h3,5,7,9,12,14-15H,4,6,8,10H2,1-2H3. The minimum Gasteiger partial charge on any atom is -0.0884 e. The van der Waals surface area contributed by atoms with Gasteiger partial charge in [0, 0.05) is 4.83 Å². The average molecular weight is 281 g/mol. The van der Waals surface area contributed by atoms with E-state index in [0.717, 1.165) is 11.8 Å². The molecule has 2 rings (SSSR count). The summed E-state index contributed by atoms with van der Waals surface area (Å²) in [7, 11) is 0. The maximum absolute atomic E-state index is 3.91. The summed E-state index contributed by atoms with van der Waals surface area (Å²) >= 11 is 3.91. The molecule has 1 fully saturated rings. The first-order chi connectivity index (χ1) is 7.66. The van der Waals surface area contributed by atoms with Crippen LogP contribution in [0.25, 0.3) is 0 Å². The quantitative estimate of drug-likeness (QED) is 0.702. The second-order valence-corrected chi connectivity index (χ2v) is 6.46. The fourth-order valence-electron chi connectivity index (χ4n) is 2.93. The van der Waals surface area contributed by atoms with Crippen LogP contribution in [0.4, 0.5) is 0 Å². The highest BCUT2D eigenvalue weighted by molar-refractivity contribution is 9.09. The van der Waals surface area contributed by atoms with Crippen molar-refractivity contribution < 1.29 is 0 Å². The Morgan fingerprint density at radius 3 is 2.81 bits per heavy atom. The maximum atomic E-state index is 3.91. The lowest BCUT2D eigenvalue weighted by molar-refractivity contribution is 0.407. The Hall–Kier alpha value is -0.300. The minimum atomic E-state index is 0.659. The predicted molar refractivity (Wildman–Crippen MR) is 74.1 cm³/mol. The molecule has 3 unspecified atom stereocenters. The van der Waals surface area contributed by atoms with Gasteiger partial charge in [-0.25, -0.2) is 0 Å². The average Bonchev–Trinajstić information content (AvgIpc) is 2.64. The van der Waals surface area contributed by atoms with Crippen molar-refractivity contribution in [3.8, 4) is 0 Å². The van der Waals surface area contributed by atoms with Gasteiger partial charge in [0.25, 0.3) is 0 Å². The van der Waals surface area contributed by atoms with Crippen molar-refractivity contribution in [2.24, 2.45) is 11.8 Å². The molecule has 0 nitrogen and oxygen atoms in total. The van der Waals surface area contributed by atoms with Crippen molar-refractivity contribution in [3.05, 3.63) is 35.4 Å². The highest BCUT2D eigenvalue weighted by atomic mass is 79.9. The molecule has 0 radical (unpaired) electrons. The van der Waals surface area contributed by atoms with Gasteiger partial charge in [0.15, 0.2) is 0 Å². The number of hydrogen-bond donors (Lipinski definition) is 0. The molecule has 0 aliphatic heterocycles. The Balaban J connectivity index is 1.99. The Kier molecular flexibility index (Phi) is 4.07. The van der Waals surface area contributed by atoms with Crippen molar-refractivity contribution >= 4 is 15.9 Å². The Morgan fingerprint density at radius 1 is 1.38 bits per heavy atom. The number of benzene rings is 1. The van der Waals surface area contributed by atoms with Crippen LogP contribution in [0.3, 0.4) is 0 Å². The van der Waals surface area contributed by atoms with E-state index in [1.807, 2.05) is 0 Å². The third-order valence-corrected chi connectivity index (χ3v) is 4.91. The van der Waals surface area contributed by atoms with Crippen LogP contribution < -0.4 is 0 Å². The van der Waals surface area contributed by atoms with Gasteiger partial charge in [-0.1, -0.05) is 65.5 Å². The monoisotopic (exact) mass is 280 g/mol. The van der Waals surface area contributed by atoms with Gasteiger partial charge in [-0.2, -0.15) is 0 Å². The van der Waals surface area contributed by atoms with Gasteiger partial charge in [-0.05, 0) is 37.2 Å². The van der Waals surface area contributed by atoms with Crippen LogP contribution in [-0.4, -0.2) is 4.83 Å². The molecular weight excluding hydrogens is 260 g/mol. The van der Waals surface area contributed by atoms with E-state index in [1.54, 1.807) is 0 Å². The largest absolute Gasteiger partial charge is 0.0884 e. The molecule has 0 bridgehead atoms. The second kappa shape index (κ2) is 5.35. The topological polar surface area (TPSA) is 0 Å². The number of rotatable bonds is 3. The lowest BCUT2D eigenvalue weighted by Crippen LogP contribution is -2.19. The molecule has 1 saturated carbocycles. The third kappa shape index (κ3) is 2.88. The number of hydrogen-bond acceptors (Lipinski definition) is 0. The summed E-state index contributed by atoms with van der Waals surface area (Å²) in [5, 5.41) is 0. The van der Waals surface area contributed by atoms with Crippen molar-refractivity contribution in [1.29, 1.82) is 0 Å². The normalized spacial score (nSPS) is 26.9. The van der Waals surface area contributed by atoms with Gasteiger partial charge in [0.2, 0.25) is 0 Å². The van der Waals surface area contributed by atoms with Gasteiger partial charge < -0.3 is 0 Å². The summed E-state index contributed by atoms with van der Waals surface area (Å²) in [6.07, 6.45) is 5.42. The molecule has 88 valence electrons. The molecule has 0 spiro atoms. The van der Waals surface area contributed by atoms with E-state index >= 15 is 0 Å².